The summed E-state index contributed by atoms with van der Waals surface area (Å²) in [5.41, 5.74) is 2.99. The molecule has 0 saturated heterocycles. The highest BCUT2D eigenvalue weighted by Crippen LogP contribution is 2.20. The summed E-state index contributed by atoms with van der Waals surface area (Å²) in [6.07, 6.45) is 7.05. The average Bonchev–Trinajstić information content (AvgIpc) is 2.98. The van der Waals surface area contributed by atoms with E-state index in [2.05, 4.69) is 10.1 Å². The normalized spacial score (nSPS) is 10.4. The molecule has 0 spiro atoms. The van der Waals surface area contributed by atoms with E-state index in [0.717, 1.165) is 16.8 Å². The van der Waals surface area contributed by atoms with Crippen LogP contribution in [0.25, 0.3) is 16.8 Å². The molecule has 3 rings (SSSR count). The zero-order valence-corrected chi connectivity index (χ0v) is 10.5. The Morgan fingerprint density at radius 3 is 2.50 bits per heavy atom. The van der Waals surface area contributed by atoms with Gasteiger partial charge in [0, 0.05) is 18.0 Å². The minimum Gasteiger partial charge on any atom is -0.478 e. The number of hydrogen-bond donors (Lipinski definition) is 1. The third-order valence-corrected chi connectivity index (χ3v) is 2.96. The number of carboxylic acids is 1. The Labute approximate surface area is 115 Å². The first-order chi connectivity index (χ1) is 9.74. The molecule has 0 unspecified atom stereocenters. The molecular weight excluding hydrogens is 254 g/mol. The van der Waals surface area contributed by atoms with E-state index in [1.165, 1.54) is 0 Å². The van der Waals surface area contributed by atoms with Gasteiger partial charge in [-0.2, -0.15) is 5.10 Å². The van der Waals surface area contributed by atoms with Gasteiger partial charge in [0.15, 0.2) is 0 Å². The number of pyridine rings is 1. The van der Waals surface area contributed by atoms with Crippen molar-refractivity contribution in [1.29, 1.82) is 0 Å². The van der Waals surface area contributed by atoms with Gasteiger partial charge in [0.2, 0.25) is 0 Å². The van der Waals surface area contributed by atoms with E-state index in [9.17, 15) is 4.79 Å². The van der Waals surface area contributed by atoms with Crippen molar-refractivity contribution in [2.24, 2.45) is 0 Å². The summed E-state index contributed by atoms with van der Waals surface area (Å²) >= 11 is 0. The molecule has 0 fully saturated rings. The van der Waals surface area contributed by atoms with Gasteiger partial charge in [0.05, 0.1) is 23.6 Å². The zero-order valence-electron chi connectivity index (χ0n) is 10.5. The van der Waals surface area contributed by atoms with Gasteiger partial charge in [-0.1, -0.05) is 12.1 Å². The summed E-state index contributed by atoms with van der Waals surface area (Å²) in [6.45, 7) is 0. The van der Waals surface area contributed by atoms with Gasteiger partial charge >= 0.3 is 5.97 Å². The van der Waals surface area contributed by atoms with Crippen LogP contribution in [0.2, 0.25) is 0 Å². The highest BCUT2D eigenvalue weighted by molar-refractivity contribution is 5.88. The molecule has 0 aliphatic heterocycles. The molecule has 0 saturated carbocycles. The monoisotopic (exact) mass is 265 g/mol. The Bertz CT molecular complexity index is 733. The maximum Gasteiger partial charge on any atom is 0.335 e. The molecule has 0 aliphatic carbocycles. The average molecular weight is 265 g/mol. The fourth-order valence-corrected chi connectivity index (χ4v) is 1.91. The van der Waals surface area contributed by atoms with E-state index >= 15 is 0 Å². The Morgan fingerprint density at radius 2 is 1.85 bits per heavy atom. The fourth-order valence-electron chi connectivity index (χ4n) is 1.91. The van der Waals surface area contributed by atoms with Crippen LogP contribution in [0, 0.1) is 0 Å². The van der Waals surface area contributed by atoms with Gasteiger partial charge in [-0.25, -0.2) is 9.48 Å². The van der Waals surface area contributed by atoms with Crippen LogP contribution in [0.4, 0.5) is 0 Å². The molecule has 0 bridgehead atoms. The summed E-state index contributed by atoms with van der Waals surface area (Å²) in [5, 5.41) is 13.2. The minimum absolute atomic E-state index is 0.272. The highest BCUT2D eigenvalue weighted by Gasteiger charge is 2.06. The number of nitrogens with zero attached hydrogens (tertiary/aromatic N) is 3. The van der Waals surface area contributed by atoms with Crippen molar-refractivity contribution in [2.45, 2.75) is 0 Å². The molecule has 5 nitrogen and oxygen atoms in total. The lowest BCUT2D eigenvalue weighted by atomic mass is 10.1. The van der Waals surface area contributed by atoms with Crippen LogP contribution in [0.1, 0.15) is 10.4 Å². The molecule has 0 radical (unpaired) electrons. The van der Waals surface area contributed by atoms with Crippen LogP contribution in [0.3, 0.4) is 0 Å². The lowest BCUT2D eigenvalue weighted by Crippen LogP contribution is -1.95. The molecular formula is C15H11N3O2. The fraction of sp³-hybridized carbons (Fsp3) is 0. The van der Waals surface area contributed by atoms with Crippen LogP contribution in [0.15, 0.2) is 61.2 Å². The Hall–Kier alpha value is -2.95. The largest absolute Gasteiger partial charge is 0.478 e. The second-order valence-corrected chi connectivity index (χ2v) is 4.27. The predicted octanol–water partition coefficient (Wildman–Crippen LogP) is 2.63. The molecule has 2 aromatic heterocycles. The quantitative estimate of drug-likeness (QED) is 0.790. The van der Waals surface area contributed by atoms with Crippen molar-refractivity contribution < 1.29 is 9.90 Å². The molecule has 0 atom stereocenters. The summed E-state index contributed by atoms with van der Waals surface area (Å²) < 4.78 is 1.73. The number of carbonyl (C=O) groups is 1. The molecule has 5 heteroatoms. The minimum atomic E-state index is -0.928. The topological polar surface area (TPSA) is 68.0 Å². The molecule has 2 heterocycles. The van der Waals surface area contributed by atoms with Gasteiger partial charge in [0.25, 0.3) is 0 Å². The van der Waals surface area contributed by atoms with Gasteiger partial charge in [-0.05, 0) is 29.8 Å². The van der Waals surface area contributed by atoms with Crippen molar-refractivity contribution in [2.75, 3.05) is 0 Å². The molecule has 1 N–H and O–H groups in total. The number of carboxylic acid groups (broad SMARTS) is 1. The van der Waals surface area contributed by atoms with Gasteiger partial charge in [-0.3, -0.25) is 4.98 Å². The molecule has 0 amide bonds. The van der Waals surface area contributed by atoms with Crippen LogP contribution in [0.5, 0.6) is 0 Å². The van der Waals surface area contributed by atoms with Gasteiger partial charge in [-0.15, -0.1) is 0 Å². The second kappa shape index (κ2) is 4.97. The van der Waals surface area contributed by atoms with Crippen LogP contribution in [-0.2, 0) is 0 Å². The summed E-state index contributed by atoms with van der Waals surface area (Å²) in [4.78, 5) is 14.9. The summed E-state index contributed by atoms with van der Waals surface area (Å²) in [6, 6.07) is 10.5. The maximum atomic E-state index is 10.8. The first kappa shape index (κ1) is 12.1. The second-order valence-electron chi connectivity index (χ2n) is 4.27. The van der Waals surface area contributed by atoms with Crippen molar-refractivity contribution >= 4 is 5.97 Å². The molecule has 0 aliphatic rings. The van der Waals surface area contributed by atoms with E-state index in [1.807, 2.05) is 18.3 Å². The number of aromatic nitrogens is 3. The van der Waals surface area contributed by atoms with Crippen LogP contribution in [-0.4, -0.2) is 25.8 Å². The Morgan fingerprint density at radius 1 is 1.05 bits per heavy atom. The third kappa shape index (κ3) is 2.29. The van der Waals surface area contributed by atoms with Gasteiger partial charge < -0.3 is 5.11 Å². The zero-order chi connectivity index (χ0) is 13.9. The number of aromatic carboxylic acids is 1. The Balaban J connectivity index is 1.92. The van der Waals surface area contributed by atoms with Gasteiger partial charge in [0.1, 0.15) is 0 Å². The first-order valence-electron chi connectivity index (χ1n) is 6.03. The van der Waals surface area contributed by atoms with E-state index in [0.29, 0.717) is 0 Å². The number of hydrogen-bond acceptors (Lipinski definition) is 3. The number of rotatable bonds is 3. The number of benzene rings is 1. The molecule has 3 aromatic rings. The summed E-state index contributed by atoms with van der Waals surface area (Å²) in [5.74, 6) is -0.928. The van der Waals surface area contributed by atoms with E-state index in [-0.39, 0.29) is 5.56 Å². The maximum absolute atomic E-state index is 10.8. The third-order valence-electron chi connectivity index (χ3n) is 2.96. The smallest absolute Gasteiger partial charge is 0.335 e. The van der Waals surface area contributed by atoms with Crippen LogP contribution < -0.4 is 0 Å². The van der Waals surface area contributed by atoms with Crippen LogP contribution >= 0.6 is 0 Å². The van der Waals surface area contributed by atoms with E-state index in [1.54, 1.807) is 47.5 Å². The van der Waals surface area contributed by atoms with Crippen molar-refractivity contribution in [1.82, 2.24) is 14.8 Å². The lowest BCUT2D eigenvalue weighted by molar-refractivity contribution is 0.0697. The lowest BCUT2D eigenvalue weighted by Gasteiger charge is -2.00. The van der Waals surface area contributed by atoms with E-state index < -0.39 is 5.97 Å². The standard InChI is InChI=1S/C15H11N3O2/c19-15(20)12-5-3-11(4-6-12)13-8-17-18(10-13)14-2-1-7-16-9-14/h1-10H,(H,19,20). The highest BCUT2D eigenvalue weighted by atomic mass is 16.4. The molecule has 20 heavy (non-hydrogen) atoms. The summed E-state index contributed by atoms with van der Waals surface area (Å²) in [7, 11) is 0. The Kier molecular flexibility index (Phi) is 3.01. The van der Waals surface area contributed by atoms with Crippen molar-refractivity contribution in [3.8, 4) is 16.8 Å². The molecule has 98 valence electrons. The first-order valence-corrected chi connectivity index (χ1v) is 6.03. The van der Waals surface area contributed by atoms with E-state index in [4.69, 9.17) is 5.11 Å². The van der Waals surface area contributed by atoms with Crippen molar-refractivity contribution in [3.63, 3.8) is 0 Å². The SMILES string of the molecule is O=C(O)c1ccc(-c2cnn(-c3cccnc3)c2)cc1. The predicted molar refractivity (Wildman–Crippen MR) is 73.8 cm³/mol. The molecule has 1 aromatic carbocycles. The van der Waals surface area contributed by atoms with Crippen molar-refractivity contribution in [3.05, 3.63) is 66.7 Å².